The highest BCUT2D eigenvalue weighted by Crippen LogP contribution is 2.01. The van der Waals surface area contributed by atoms with E-state index in [2.05, 4.69) is 21.4 Å². The monoisotopic (exact) mass is 191 g/mol. The molecule has 0 aromatic carbocycles. The zero-order valence-electron chi connectivity index (χ0n) is 8.13. The summed E-state index contributed by atoms with van der Waals surface area (Å²) in [6.07, 6.45) is 7.62. The number of hydrogen-bond donors (Lipinski definition) is 2. The summed E-state index contributed by atoms with van der Waals surface area (Å²) in [7, 11) is 0. The summed E-state index contributed by atoms with van der Waals surface area (Å²) in [6.45, 7) is 2.42. The molecule has 0 aliphatic carbocycles. The van der Waals surface area contributed by atoms with Gasteiger partial charge >= 0.3 is 0 Å². The van der Waals surface area contributed by atoms with E-state index >= 15 is 0 Å². The fourth-order valence-electron chi connectivity index (χ4n) is 1.02. The molecule has 0 atom stereocenters. The van der Waals surface area contributed by atoms with Crippen LogP contribution in [0, 0.1) is 19.3 Å². The molecule has 0 unspecified atom stereocenters. The molecule has 1 amide bonds. The number of H-pyrrole nitrogens is 1. The summed E-state index contributed by atoms with van der Waals surface area (Å²) >= 11 is 0. The Morgan fingerprint density at radius 2 is 2.57 bits per heavy atom. The van der Waals surface area contributed by atoms with Crippen molar-refractivity contribution >= 4 is 5.91 Å². The quantitative estimate of drug-likeness (QED) is 0.690. The second kappa shape index (κ2) is 5.07. The van der Waals surface area contributed by atoms with E-state index < -0.39 is 0 Å². The fraction of sp³-hybridized carbons (Fsp3) is 0.400. The molecule has 74 valence electrons. The zero-order chi connectivity index (χ0) is 10.4. The van der Waals surface area contributed by atoms with E-state index in [1.807, 2.05) is 6.92 Å². The van der Waals surface area contributed by atoms with Crippen LogP contribution in [0.1, 0.15) is 24.1 Å². The number of terminal acetylenes is 1. The maximum atomic E-state index is 11.2. The van der Waals surface area contributed by atoms with E-state index in [9.17, 15) is 4.79 Å². The Labute approximate surface area is 83.1 Å². The maximum absolute atomic E-state index is 11.2. The lowest BCUT2D eigenvalue weighted by Gasteiger charge is -2.02. The van der Waals surface area contributed by atoms with Gasteiger partial charge in [-0.05, 0) is 6.92 Å². The van der Waals surface area contributed by atoms with Gasteiger partial charge in [-0.3, -0.25) is 9.89 Å². The Bertz CT molecular complexity index is 348. The fourth-order valence-corrected chi connectivity index (χ4v) is 1.02. The summed E-state index contributed by atoms with van der Waals surface area (Å²) in [4.78, 5) is 11.2. The van der Waals surface area contributed by atoms with Gasteiger partial charge < -0.3 is 5.32 Å². The van der Waals surface area contributed by atoms with Gasteiger partial charge in [0.15, 0.2) is 0 Å². The first-order chi connectivity index (χ1) is 6.74. The Kier molecular flexibility index (Phi) is 3.74. The molecule has 0 bridgehead atoms. The topological polar surface area (TPSA) is 57.8 Å². The van der Waals surface area contributed by atoms with Crippen molar-refractivity contribution < 1.29 is 4.79 Å². The third-order valence-corrected chi connectivity index (χ3v) is 1.91. The van der Waals surface area contributed by atoms with Crippen LogP contribution in [0.25, 0.3) is 0 Å². The summed E-state index contributed by atoms with van der Waals surface area (Å²) in [5.41, 5.74) is 1.97. The highest BCUT2D eigenvalue weighted by atomic mass is 16.1. The molecule has 2 N–H and O–H groups in total. The molecule has 0 aliphatic rings. The van der Waals surface area contributed by atoms with Gasteiger partial charge in [-0.2, -0.15) is 5.10 Å². The number of amides is 1. The number of aromatic nitrogens is 2. The number of nitrogens with zero attached hydrogens (tertiary/aromatic N) is 1. The first-order valence-electron chi connectivity index (χ1n) is 4.43. The highest BCUT2D eigenvalue weighted by Gasteiger charge is 2.02. The normalized spacial score (nSPS) is 9.43. The lowest BCUT2D eigenvalue weighted by atomic mass is 10.2. The van der Waals surface area contributed by atoms with E-state index in [1.54, 1.807) is 6.20 Å². The summed E-state index contributed by atoms with van der Waals surface area (Å²) < 4.78 is 0. The molecule has 0 fully saturated rings. The van der Waals surface area contributed by atoms with Crippen molar-refractivity contribution in [3.63, 3.8) is 0 Å². The molecule has 0 spiro atoms. The Balaban J connectivity index is 2.31. The van der Waals surface area contributed by atoms with Crippen molar-refractivity contribution in [2.75, 3.05) is 0 Å². The van der Waals surface area contributed by atoms with Crippen LogP contribution in [0.2, 0.25) is 0 Å². The van der Waals surface area contributed by atoms with Crippen LogP contribution in [0.5, 0.6) is 0 Å². The summed E-state index contributed by atoms with van der Waals surface area (Å²) in [5.74, 6) is 2.40. The van der Waals surface area contributed by atoms with Crippen molar-refractivity contribution in [2.45, 2.75) is 26.3 Å². The predicted octanol–water partition coefficient (Wildman–Crippen LogP) is 0.748. The largest absolute Gasteiger partial charge is 0.352 e. The molecule has 0 saturated heterocycles. The zero-order valence-corrected chi connectivity index (χ0v) is 8.13. The lowest BCUT2D eigenvalue weighted by Crippen LogP contribution is -2.22. The van der Waals surface area contributed by atoms with Crippen molar-refractivity contribution in [1.29, 1.82) is 0 Å². The second-order valence-corrected chi connectivity index (χ2v) is 3.00. The minimum Gasteiger partial charge on any atom is -0.352 e. The van der Waals surface area contributed by atoms with E-state index in [4.69, 9.17) is 6.42 Å². The number of nitrogens with one attached hydrogen (secondary N) is 2. The van der Waals surface area contributed by atoms with Crippen LogP contribution in [0.4, 0.5) is 0 Å². The van der Waals surface area contributed by atoms with E-state index in [1.165, 1.54) is 0 Å². The molecular weight excluding hydrogens is 178 g/mol. The summed E-state index contributed by atoms with van der Waals surface area (Å²) in [6, 6.07) is 0. The Morgan fingerprint density at radius 3 is 3.14 bits per heavy atom. The first kappa shape index (κ1) is 10.3. The number of hydrogen-bond acceptors (Lipinski definition) is 2. The molecule has 1 aromatic rings. The molecule has 1 heterocycles. The number of rotatable bonds is 4. The third-order valence-electron chi connectivity index (χ3n) is 1.91. The average Bonchev–Trinajstić information content (AvgIpc) is 2.58. The van der Waals surface area contributed by atoms with Crippen molar-refractivity contribution in [2.24, 2.45) is 0 Å². The standard InChI is InChI=1S/C10H13N3O/c1-3-4-5-10(14)11-6-9-7-12-13-8(9)2/h1,7H,4-6H2,2H3,(H,11,14)(H,12,13). The van der Waals surface area contributed by atoms with Gasteiger partial charge in [-0.1, -0.05) is 0 Å². The molecular formula is C10H13N3O. The smallest absolute Gasteiger partial charge is 0.221 e. The van der Waals surface area contributed by atoms with Crippen LogP contribution in [-0.2, 0) is 11.3 Å². The van der Waals surface area contributed by atoms with E-state index in [0.29, 0.717) is 19.4 Å². The van der Waals surface area contributed by atoms with Gasteiger partial charge in [0, 0.05) is 30.6 Å². The van der Waals surface area contributed by atoms with Crippen LogP contribution in [0.15, 0.2) is 6.20 Å². The van der Waals surface area contributed by atoms with Crippen LogP contribution >= 0.6 is 0 Å². The Hall–Kier alpha value is -1.76. The van der Waals surface area contributed by atoms with Gasteiger partial charge in [0.25, 0.3) is 0 Å². The average molecular weight is 191 g/mol. The van der Waals surface area contributed by atoms with Gasteiger partial charge in [-0.15, -0.1) is 12.3 Å². The number of aryl methyl sites for hydroxylation is 1. The molecule has 0 aliphatic heterocycles. The van der Waals surface area contributed by atoms with Crippen molar-refractivity contribution in [1.82, 2.24) is 15.5 Å². The van der Waals surface area contributed by atoms with Crippen LogP contribution in [-0.4, -0.2) is 16.1 Å². The van der Waals surface area contributed by atoms with Gasteiger partial charge in [0.1, 0.15) is 0 Å². The molecule has 4 nitrogen and oxygen atoms in total. The van der Waals surface area contributed by atoms with Gasteiger partial charge in [-0.25, -0.2) is 0 Å². The van der Waals surface area contributed by atoms with Crippen molar-refractivity contribution in [3.05, 3.63) is 17.5 Å². The number of aromatic amines is 1. The third kappa shape index (κ3) is 2.94. The minimum atomic E-state index is -0.0245. The first-order valence-corrected chi connectivity index (χ1v) is 4.43. The lowest BCUT2D eigenvalue weighted by molar-refractivity contribution is -0.121. The molecule has 1 aromatic heterocycles. The highest BCUT2D eigenvalue weighted by molar-refractivity contribution is 5.76. The van der Waals surface area contributed by atoms with Crippen LogP contribution < -0.4 is 5.32 Å². The maximum Gasteiger partial charge on any atom is 0.221 e. The predicted molar refractivity (Wildman–Crippen MR) is 53.2 cm³/mol. The second-order valence-electron chi connectivity index (χ2n) is 3.00. The molecule has 14 heavy (non-hydrogen) atoms. The van der Waals surface area contributed by atoms with Gasteiger partial charge in [0.05, 0.1) is 6.20 Å². The molecule has 4 heteroatoms. The SMILES string of the molecule is C#CCCC(=O)NCc1cn[nH]c1C. The number of carbonyl (C=O) groups is 1. The van der Waals surface area contributed by atoms with Crippen LogP contribution in [0.3, 0.4) is 0 Å². The molecule has 0 saturated carbocycles. The minimum absolute atomic E-state index is 0.0245. The molecule has 1 rings (SSSR count). The summed E-state index contributed by atoms with van der Waals surface area (Å²) in [5, 5.41) is 9.42. The van der Waals surface area contributed by atoms with Crippen molar-refractivity contribution in [3.8, 4) is 12.3 Å². The Morgan fingerprint density at radius 1 is 1.79 bits per heavy atom. The molecule has 0 radical (unpaired) electrons. The van der Waals surface area contributed by atoms with E-state index in [0.717, 1.165) is 11.3 Å². The van der Waals surface area contributed by atoms with E-state index in [-0.39, 0.29) is 5.91 Å². The number of carbonyl (C=O) groups excluding carboxylic acids is 1. The van der Waals surface area contributed by atoms with Gasteiger partial charge in [0.2, 0.25) is 5.91 Å².